The number of piperidine rings is 1. The minimum absolute atomic E-state index is 0.0293. The predicted molar refractivity (Wildman–Crippen MR) is 132 cm³/mol. The zero-order chi connectivity index (χ0) is 23.7. The SMILES string of the molecule is CCc1cnc(N2CCC(C(C)Oc3nn4cc(-c5ccc(SC)nc5F)nc4s3)CC2)nc1. The summed E-state index contributed by atoms with van der Waals surface area (Å²) in [6.07, 6.45) is 10.4. The first-order chi connectivity index (χ1) is 16.5. The van der Waals surface area contributed by atoms with E-state index in [4.69, 9.17) is 4.74 Å². The lowest BCUT2D eigenvalue weighted by Crippen LogP contribution is -2.39. The van der Waals surface area contributed by atoms with Crippen LogP contribution in [0, 0.1) is 11.9 Å². The topological polar surface area (TPSA) is 81.3 Å². The van der Waals surface area contributed by atoms with Gasteiger partial charge in [0.2, 0.25) is 16.9 Å². The highest BCUT2D eigenvalue weighted by atomic mass is 32.2. The van der Waals surface area contributed by atoms with E-state index in [0.29, 0.717) is 32.4 Å². The van der Waals surface area contributed by atoms with Crippen LogP contribution >= 0.6 is 23.1 Å². The Hall–Kier alpha value is -2.79. The van der Waals surface area contributed by atoms with Crippen LogP contribution in [0.3, 0.4) is 0 Å². The van der Waals surface area contributed by atoms with Crippen molar-refractivity contribution in [3.05, 3.63) is 42.2 Å². The van der Waals surface area contributed by atoms with Crippen molar-refractivity contribution in [2.45, 2.75) is 44.2 Å². The average molecular weight is 500 g/mol. The molecule has 1 aliphatic heterocycles. The second-order valence-electron chi connectivity index (χ2n) is 8.31. The molecule has 0 spiro atoms. The Morgan fingerprint density at radius 3 is 2.62 bits per heavy atom. The number of pyridine rings is 1. The van der Waals surface area contributed by atoms with E-state index >= 15 is 0 Å². The lowest BCUT2D eigenvalue weighted by atomic mass is 9.92. The van der Waals surface area contributed by atoms with Crippen molar-refractivity contribution in [2.24, 2.45) is 5.92 Å². The van der Waals surface area contributed by atoms with E-state index in [0.717, 1.165) is 43.9 Å². The van der Waals surface area contributed by atoms with Gasteiger partial charge in [0.05, 0.1) is 22.5 Å². The summed E-state index contributed by atoms with van der Waals surface area (Å²) in [5.74, 6) is 0.699. The van der Waals surface area contributed by atoms with Gasteiger partial charge < -0.3 is 9.64 Å². The molecule has 1 fully saturated rings. The normalized spacial score (nSPS) is 15.7. The number of thioether (sulfide) groups is 1. The highest BCUT2D eigenvalue weighted by Crippen LogP contribution is 2.31. The molecule has 0 bridgehead atoms. The number of imidazole rings is 1. The zero-order valence-electron chi connectivity index (χ0n) is 19.3. The van der Waals surface area contributed by atoms with E-state index in [1.54, 1.807) is 22.8 Å². The number of ether oxygens (including phenoxy) is 1. The molecule has 11 heteroatoms. The fourth-order valence-electron chi connectivity index (χ4n) is 4.10. The Kier molecular flexibility index (Phi) is 6.64. The van der Waals surface area contributed by atoms with Gasteiger partial charge in [-0.25, -0.2) is 24.5 Å². The summed E-state index contributed by atoms with van der Waals surface area (Å²) in [5.41, 5.74) is 2.03. The Labute approximate surface area is 205 Å². The summed E-state index contributed by atoms with van der Waals surface area (Å²) in [7, 11) is 0. The summed E-state index contributed by atoms with van der Waals surface area (Å²) >= 11 is 2.76. The Bertz CT molecular complexity index is 1240. The lowest BCUT2D eigenvalue weighted by molar-refractivity contribution is 0.131. The molecule has 1 aliphatic rings. The van der Waals surface area contributed by atoms with Crippen molar-refractivity contribution in [3.63, 3.8) is 0 Å². The molecule has 1 unspecified atom stereocenters. The van der Waals surface area contributed by atoms with Crippen LogP contribution in [0.25, 0.3) is 16.2 Å². The molecule has 4 aromatic heterocycles. The summed E-state index contributed by atoms with van der Waals surface area (Å²) in [6, 6.07) is 3.49. The van der Waals surface area contributed by atoms with Gasteiger partial charge >= 0.3 is 0 Å². The molecule has 178 valence electrons. The number of rotatable bonds is 7. The smallest absolute Gasteiger partial charge is 0.294 e. The van der Waals surface area contributed by atoms with Gasteiger partial charge in [0.1, 0.15) is 6.10 Å². The van der Waals surface area contributed by atoms with Crippen LogP contribution in [0.1, 0.15) is 32.3 Å². The van der Waals surface area contributed by atoms with Crippen molar-refractivity contribution in [3.8, 4) is 16.5 Å². The molecule has 0 N–H and O–H groups in total. The quantitative estimate of drug-likeness (QED) is 0.266. The number of hydrogen-bond donors (Lipinski definition) is 0. The second kappa shape index (κ2) is 9.83. The summed E-state index contributed by atoms with van der Waals surface area (Å²) < 4.78 is 22.2. The molecule has 1 atom stereocenters. The van der Waals surface area contributed by atoms with Crippen LogP contribution in [0.2, 0.25) is 0 Å². The van der Waals surface area contributed by atoms with Gasteiger partial charge in [0, 0.05) is 25.5 Å². The van der Waals surface area contributed by atoms with Crippen molar-refractivity contribution in [1.82, 2.24) is 29.5 Å². The first-order valence-corrected chi connectivity index (χ1v) is 13.4. The second-order valence-corrected chi connectivity index (χ2v) is 10.1. The van der Waals surface area contributed by atoms with Gasteiger partial charge in [0.15, 0.2) is 0 Å². The summed E-state index contributed by atoms with van der Waals surface area (Å²) in [4.78, 5) is 20.4. The Morgan fingerprint density at radius 2 is 1.97 bits per heavy atom. The third kappa shape index (κ3) is 4.72. The van der Waals surface area contributed by atoms with Crippen LogP contribution in [0.5, 0.6) is 5.19 Å². The molecule has 0 aliphatic carbocycles. The summed E-state index contributed by atoms with van der Waals surface area (Å²) in [5, 5.41) is 5.71. The number of fused-ring (bicyclic) bond motifs is 1. The number of halogens is 1. The van der Waals surface area contributed by atoms with E-state index in [2.05, 4.69) is 43.8 Å². The molecule has 34 heavy (non-hydrogen) atoms. The largest absolute Gasteiger partial charge is 0.466 e. The highest BCUT2D eigenvalue weighted by Gasteiger charge is 2.27. The molecule has 8 nitrogen and oxygen atoms in total. The average Bonchev–Trinajstić information content (AvgIpc) is 3.42. The molecule has 5 heterocycles. The third-order valence-corrected chi connectivity index (χ3v) is 7.66. The number of anilines is 1. The van der Waals surface area contributed by atoms with Gasteiger partial charge in [-0.2, -0.15) is 4.39 Å². The van der Waals surface area contributed by atoms with Crippen molar-refractivity contribution in [1.29, 1.82) is 0 Å². The van der Waals surface area contributed by atoms with E-state index in [9.17, 15) is 4.39 Å². The van der Waals surface area contributed by atoms with Crippen molar-refractivity contribution < 1.29 is 9.13 Å². The summed E-state index contributed by atoms with van der Waals surface area (Å²) in [6.45, 7) is 6.01. The molecular formula is C23H26FN7OS2. The van der Waals surface area contributed by atoms with Gasteiger partial charge in [-0.15, -0.1) is 16.9 Å². The molecule has 1 saturated heterocycles. The van der Waals surface area contributed by atoms with Gasteiger partial charge in [-0.3, -0.25) is 0 Å². The maximum absolute atomic E-state index is 14.4. The number of hydrogen-bond acceptors (Lipinski definition) is 9. The number of nitrogens with zero attached hydrogens (tertiary/aromatic N) is 7. The first-order valence-electron chi connectivity index (χ1n) is 11.3. The first kappa shape index (κ1) is 23.0. The lowest BCUT2D eigenvalue weighted by Gasteiger charge is -2.34. The molecular weight excluding hydrogens is 473 g/mol. The Morgan fingerprint density at radius 1 is 1.21 bits per heavy atom. The Balaban J connectivity index is 1.20. The van der Waals surface area contributed by atoms with Gasteiger partial charge in [-0.1, -0.05) is 6.92 Å². The monoisotopic (exact) mass is 499 g/mol. The maximum Gasteiger partial charge on any atom is 0.294 e. The van der Waals surface area contributed by atoms with Crippen LogP contribution in [0.15, 0.2) is 35.7 Å². The molecule has 4 aromatic rings. The minimum atomic E-state index is -0.527. The van der Waals surface area contributed by atoms with Crippen LogP contribution < -0.4 is 9.64 Å². The third-order valence-electron chi connectivity index (χ3n) is 6.21. The van der Waals surface area contributed by atoms with E-state index in [1.807, 2.05) is 18.6 Å². The number of aromatic nitrogens is 6. The molecule has 0 amide bonds. The maximum atomic E-state index is 14.4. The molecule has 0 radical (unpaired) electrons. The van der Waals surface area contributed by atoms with Crippen molar-refractivity contribution in [2.75, 3.05) is 24.2 Å². The van der Waals surface area contributed by atoms with Crippen LogP contribution in [-0.4, -0.2) is 55.0 Å². The standard InChI is InChI=1S/C23H26FN7OS2/c1-4-15-11-25-21(26-12-15)30-9-7-16(8-10-30)14(2)32-23-29-31-13-18(27-22(31)34-23)17-5-6-19(33-3)28-20(17)24/h5-6,11-14,16H,4,7-10H2,1-3H3. The van der Waals surface area contributed by atoms with Gasteiger partial charge in [-0.05, 0) is 67.4 Å². The van der Waals surface area contributed by atoms with E-state index < -0.39 is 5.95 Å². The van der Waals surface area contributed by atoms with Gasteiger partial charge in [0.25, 0.3) is 5.19 Å². The fraction of sp³-hybridized carbons (Fsp3) is 0.435. The zero-order valence-corrected chi connectivity index (χ0v) is 20.9. The molecule has 0 saturated carbocycles. The minimum Gasteiger partial charge on any atom is -0.466 e. The van der Waals surface area contributed by atoms with Crippen LogP contribution in [-0.2, 0) is 6.42 Å². The van der Waals surface area contributed by atoms with E-state index in [1.165, 1.54) is 23.1 Å². The predicted octanol–water partition coefficient (Wildman–Crippen LogP) is 4.75. The highest BCUT2D eigenvalue weighted by molar-refractivity contribution is 7.98. The molecule has 5 rings (SSSR count). The van der Waals surface area contributed by atoms with Crippen molar-refractivity contribution >= 4 is 34.0 Å². The fourth-order valence-corrected chi connectivity index (χ4v) is 5.29. The number of aryl methyl sites for hydroxylation is 1. The van der Waals surface area contributed by atoms with E-state index in [-0.39, 0.29) is 6.10 Å². The molecule has 0 aromatic carbocycles. The van der Waals surface area contributed by atoms with Crippen LogP contribution in [0.4, 0.5) is 10.3 Å².